The molecule has 3 rings (SSSR count). The SMILES string of the molecule is Cn1cc(C(=O)O)c(C(F)F)n1.c1ccc2[nH]ccc2c1. The summed E-state index contributed by atoms with van der Waals surface area (Å²) in [5.74, 6) is -1.39. The molecular weight excluding hydrogens is 280 g/mol. The summed E-state index contributed by atoms with van der Waals surface area (Å²) >= 11 is 0. The molecule has 7 heteroatoms. The molecule has 2 N–H and O–H groups in total. The minimum absolute atomic E-state index is 0.451. The number of carboxylic acid groups (broad SMARTS) is 1. The number of nitrogens with one attached hydrogen (secondary N) is 1. The molecule has 0 aliphatic heterocycles. The first kappa shape index (κ1) is 14.7. The lowest BCUT2D eigenvalue weighted by Crippen LogP contribution is -1.99. The maximum Gasteiger partial charge on any atom is 0.339 e. The van der Waals surface area contributed by atoms with Gasteiger partial charge in [0.25, 0.3) is 6.43 Å². The quantitative estimate of drug-likeness (QED) is 0.762. The van der Waals surface area contributed by atoms with Gasteiger partial charge in [-0.25, -0.2) is 13.6 Å². The molecule has 0 saturated heterocycles. The van der Waals surface area contributed by atoms with Gasteiger partial charge in [-0.15, -0.1) is 0 Å². The van der Waals surface area contributed by atoms with Gasteiger partial charge in [0, 0.05) is 25.0 Å². The number of alkyl halides is 2. The van der Waals surface area contributed by atoms with Crippen molar-refractivity contribution in [3.63, 3.8) is 0 Å². The van der Waals surface area contributed by atoms with Crippen molar-refractivity contribution >= 4 is 16.9 Å². The average Bonchev–Trinajstić information content (AvgIpc) is 3.05. The van der Waals surface area contributed by atoms with Crippen molar-refractivity contribution in [2.45, 2.75) is 6.43 Å². The predicted octanol–water partition coefficient (Wildman–Crippen LogP) is 3.22. The van der Waals surface area contributed by atoms with Crippen LogP contribution in [-0.2, 0) is 7.05 Å². The number of aromatic nitrogens is 3. The van der Waals surface area contributed by atoms with Gasteiger partial charge in [0.15, 0.2) is 0 Å². The minimum atomic E-state index is -2.85. The van der Waals surface area contributed by atoms with Crippen molar-refractivity contribution in [3.8, 4) is 0 Å². The van der Waals surface area contributed by atoms with Gasteiger partial charge in [-0.05, 0) is 17.5 Å². The molecule has 3 aromatic rings. The first-order valence-corrected chi connectivity index (χ1v) is 6.06. The summed E-state index contributed by atoms with van der Waals surface area (Å²) < 4.78 is 25.2. The number of hydrogen-bond acceptors (Lipinski definition) is 2. The maximum atomic E-state index is 12.1. The Kier molecular flexibility index (Phi) is 4.32. The van der Waals surface area contributed by atoms with Crippen LogP contribution >= 0.6 is 0 Å². The van der Waals surface area contributed by atoms with E-state index >= 15 is 0 Å². The molecule has 0 spiro atoms. The van der Waals surface area contributed by atoms with E-state index in [2.05, 4.69) is 28.3 Å². The Morgan fingerprint density at radius 1 is 1.33 bits per heavy atom. The Hall–Kier alpha value is -2.70. The molecule has 0 bridgehead atoms. The molecule has 2 aromatic heterocycles. The van der Waals surface area contributed by atoms with Gasteiger partial charge in [0.2, 0.25) is 0 Å². The molecule has 21 heavy (non-hydrogen) atoms. The number of halogens is 2. The molecule has 110 valence electrons. The Bertz CT molecular complexity index is 719. The monoisotopic (exact) mass is 293 g/mol. The summed E-state index contributed by atoms with van der Waals surface area (Å²) in [5, 5.41) is 13.0. The van der Waals surface area contributed by atoms with Crippen LogP contribution in [0.2, 0.25) is 0 Å². The second kappa shape index (κ2) is 6.17. The fraction of sp³-hybridized carbons (Fsp3) is 0.143. The summed E-state index contributed by atoms with van der Waals surface area (Å²) in [6, 6.07) is 10.3. The number of carbonyl (C=O) groups is 1. The summed E-state index contributed by atoms with van der Waals surface area (Å²) in [6.45, 7) is 0. The van der Waals surface area contributed by atoms with Crippen molar-refractivity contribution in [2.75, 3.05) is 0 Å². The lowest BCUT2D eigenvalue weighted by Gasteiger charge is -1.93. The van der Waals surface area contributed by atoms with Gasteiger partial charge in [-0.2, -0.15) is 5.10 Å². The van der Waals surface area contributed by atoms with Gasteiger partial charge in [0.1, 0.15) is 11.3 Å². The van der Waals surface area contributed by atoms with Crippen LogP contribution in [0, 0.1) is 0 Å². The number of aryl methyl sites for hydroxylation is 1. The van der Waals surface area contributed by atoms with E-state index in [-0.39, 0.29) is 0 Å². The van der Waals surface area contributed by atoms with Crippen molar-refractivity contribution in [1.82, 2.24) is 14.8 Å². The number of para-hydroxylation sites is 1. The molecule has 0 aliphatic carbocycles. The van der Waals surface area contributed by atoms with Crippen molar-refractivity contribution in [3.05, 3.63) is 54.0 Å². The zero-order chi connectivity index (χ0) is 15.4. The zero-order valence-corrected chi connectivity index (χ0v) is 11.1. The van der Waals surface area contributed by atoms with Crippen molar-refractivity contribution in [2.24, 2.45) is 7.05 Å². The number of aromatic amines is 1. The fourth-order valence-electron chi connectivity index (χ4n) is 1.83. The standard InChI is InChI=1S/C8H7N.C6H6F2N2O2/c1-2-4-8-7(3-1)5-6-9-8;1-10-2-3(6(11)12)4(9-10)5(7)8/h1-6,9H;2,5H,1H3,(H,11,12). The number of carboxylic acids is 1. The van der Waals surface area contributed by atoms with Crippen LogP contribution in [0.4, 0.5) is 8.78 Å². The van der Waals surface area contributed by atoms with Crippen LogP contribution < -0.4 is 0 Å². The molecule has 0 aliphatic rings. The summed E-state index contributed by atoms with van der Waals surface area (Å²) in [5.41, 5.74) is 0.0648. The van der Waals surface area contributed by atoms with Gasteiger partial charge in [-0.3, -0.25) is 4.68 Å². The summed E-state index contributed by atoms with van der Waals surface area (Å²) in [7, 11) is 1.39. The third-order valence-corrected chi connectivity index (χ3v) is 2.76. The molecule has 1 aromatic carbocycles. The Morgan fingerprint density at radius 2 is 2.05 bits per heavy atom. The van der Waals surface area contributed by atoms with E-state index in [0.717, 1.165) is 10.9 Å². The van der Waals surface area contributed by atoms with Crippen LogP contribution in [0.25, 0.3) is 10.9 Å². The topological polar surface area (TPSA) is 70.9 Å². The third-order valence-electron chi connectivity index (χ3n) is 2.76. The lowest BCUT2D eigenvalue weighted by atomic mass is 10.2. The van der Waals surface area contributed by atoms with Gasteiger partial charge < -0.3 is 10.1 Å². The van der Waals surface area contributed by atoms with Crippen LogP contribution in [0.3, 0.4) is 0 Å². The molecule has 5 nitrogen and oxygen atoms in total. The van der Waals surface area contributed by atoms with Crippen molar-refractivity contribution < 1.29 is 18.7 Å². The summed E-state index contributed by atoms with van der Waals surface area (Å²) in [6.07, 6.45) is 0.145. The zero-order valence-electron chi connectivity index (χ0n) is 11.1. The molecule has 0 fully saturated rings. The molecule has 0 unspecified atom stereocenters. The number of hydrogen-bond donors (Lipinski definition) is 2. The van der Waals surface area contributed by atoms with Gasteiger partial charge >= 0.3 is 5.97 Å². The van der Waals surface area contributed by atoms with Gasteiger partial charge in [0.05, 0.1) is 0 Å². The Balaban J connectivity index is 0.000000159. The first-order chi connectivity index (χ1) is 9.99. The molecule has 2 heterocycles. The maximum absolute atomic E-state index is 12.1. The van der Waals surface area contributed by atoms with Gasteiger partial charge in [-0.1, -0.05) is 18.2 Å². The van der Waals surface area contributed by atoms with E-state index in [4.69, 9.17) is 5.11 Å². The highest BCUT2D eigenvalue weighted by Crippen LogP contribution is 2.20. The first-order valence-electron chi connectivity index (χ1n) is 6.06. The normalized spacial score (nSPS) is 10.5. The number of aromatic carboxylic acids is 1. The lowest BCUT2D eigenvalue weighted by molar-refractivity contribution is 0.0684. The average molecular weight is 293 g/mol. The van der Waals surface area contributed by atoms with Crippen LogP contribution in [-0.4, -0.2) is 25.8 Å². The minimum Gasteiger partial charge on any atom is -0.478 e. The van der Waals surface area contributed by atoms with E-state index in [1.807, 2.05) is 18.3 Å². The van der Waals surface area contributed by atoms with E-state index in [9.17, 15) is 13.6 Å². The number of nitrogens with zero attached hydrogens (tertiary/aromatic N) is 2. The second-order valence-corrected chi connectivity index (χ2v) is 4.27. The second-order valence-electron chi connectivity index (χ2n) is 4.27. The Morgan fingerprint density at radius 3 is 2.62 bits per heavy atom. The fourth-order valence-corrected chi connectivity index (χ4v) is 1.83. The number of rotatable bonds is 2. The number of benzene rings is 1. The predicted molar refractivity (Wildman–Crippen MR) is 73.4 cm³/mol. The van der Waals surface area contributed by atoms with Crippen LogP contribution in [0.1, 0.15) is 22.5 Å². The van der Waals surface area contributed by atoms with E-state index in [0.29, 0.717) is 0 Å². The molecule has 0 atom stereocenters. The highest BCUT2D eigenvalue weighted by molar-refractivity contribution is 5.88. The van der Waals surface area contributed by atoms with E-state index in [1.165, 1.54) is 18.0 Å². The van der Waals surface area contributed by atoms with E-state index in [1.54, 1.807) is 0 Å². The molecular formula is C14H13F2N3O2. The van der Waals surface area contributed by atoms with Crippen LogP contribution in [0.5, 0.6) is 0 Å². The smallest absolute Gasteiger partial charge is 0.339 e. The van der Waals surface area contributed by atoms with E-state index < -0.39 is 23.7 Å². The molecule has 0 amide bonds. The number of fused-ring (bicyclic) bond motifs is 1. The highest BCUT2D eigenvalue weighted by Gasteiger charge is 2.21. The number of H-pyrrole nitrogens is 1. The van der Waals surface area contributed by atoms with Crippen LogP contribution in [0.15, 0.2) is 42.7 Å². The van der Waals surface area contributed by atoms with Crippen molar-refractivity contribution in [1.29, 1.82) is 0 Å². The highest BCUT2D eigenvalue weighted by atomic mass is 19.3. The molecule has 0 saturated carbocycles. The third kappa shape index (κ3) is 3.44. The summed E-state index contributed by atoms with van der Waals surface area (Å²) in [4.78, 5) is 13.5. The largest absolute Gasteiger partial charge is 0.478 e. The molecule has 0 radical (unpaired) electrons. The Labute approximate surface area is 118 Å².